The molecule has 24 heteroatoms. The molecular weight excluding hydrogens is 824 g/mol. The Bertz CT molecular complexity index is 2540. The van der Waals surface area contributed by atoms with E-state index in [4.69, 9.17) is 38.0 Å². The molecule has 3 fully saturated rings. The number of ketones is 1. The third kappa shape index (κ3) is 8.31. The largest absolute Gasteiger partial charge is 0.508 e. The predicted molar refractivity (Wildman–Crippen MR) is 203 cm³/mol. The van der Waals surface area contributed by atoms with Gasteiger partial charge in [-0.1, -0.05) is 24.3 Å². The summed E-state index contributed by atoms with van der Waals surface area (Å²) in [6, 6.07) is 13.5. The van der Waals surface area contributed by atoms with Crippen molar-refractivity contribution in [1.29, 1.82) is 0 Å². The van der Waals surface area contributed by atoms with Crippen LogP contribution in [0.2, 0.25) is 0 Å². The fourth-order valence-electron chi connectivity index (χ4n) is 6.79. The minimum atomic E-state index is -4.89. The van der Waals surface area contributed by atoms with Crippen LogP contribution in [0.4, 0.5) is 5.82 Å². The minimum absolute atomic E-state index is 0.0267. The molecule has 0 radical (unpaired) electrons. The van der Waals surface area contributed by atoms with E-state index in [9.17, 15) is 33.5 Å². The number of phenols is 1. The zero-order valence-electron chi connectivity index (χ0n) is 30.2. The number of imidazole rings is 1. The van der Waals surface area contributed by atoms with Crippen molar-refractivity contribution in [3.05, 3.63) is 111 Å². The number of aromatic amines is 1. The van der Waals surface area contributed by atoms with Crippen LogP contribution in [-0.4, -0.2) is 95.7 Å². The molecular formula is C34H35N7O14P2S. The number of nitrogens with zero attached hydrogens (tertiary/aromatic N) is 5. The van der Waals surface area contributed by atoms with Gasteiger partial charge in [0.1, 0.15) is 42.0 Å². The van der Waals surface area contributed by atoms with E-state index in [-0.39, 0.29) is 47.3 Å². The number of rotatable bonds is 8. The molecule has 3 aliphatic rings. The lowest BCUT2D eigenvalue weighted by molar-refractivity contribution is -0.0668. The van der Waals surface area contributed by atoms with Crippen LogP contribution in [0.3, 0.4) is 0 Å². The quantitative estimate of drug-likeness (QED) is 0.129. The van der Waals surface area contributed by atoms with E-state index in [1.165, 1.54) is 48.6 Å². The predicted octanol–water partition coefficient (Wildman–Crippen LogP) is 3.05. The van der Waals surface area contributed by atoms with Crippen molar-refractivity contribution in [3.8, 4) is 5.75 Å². The van der Waals surface area contributed by atoms with Crippen molar-refractivity contribution in [2.45, 2.75) is 55.1 Å². The first-order valence-electron chi connectivity index (χ1n) is 17.5. The van der Waals surface area contributed by atoms with Gasteiger partial charge < -0.3 is 29.9 Å². The highest BCUT2D eigenvalue weighted by Crippen LogP contribution is 2.64. The molecule has 2 aromatic carbocycles. The maximum Gasteiger partial charge on any atom is 0.472 e. The van der Waals surface area contributed by atoms with Gasteiger partial charge in [0, 0.05) is 42.7 Å². The van der Waals surface area contributed by atoms with Crippen LogP contribution in [0.25, 0.3) is 11.2 Å². The molecule has 8 rings (SSSR count). The molecule has 0 aliphatic carbocycles. The van der Waals surface area contributed by atoms with Crippen LogP contribution in [0.15, 0.2) is 83.0 Å². The molecule has 0 spiro atoms. The summed E-state index contributed by atoms with van der Waals surface area (Å²) in [5, 5.41) is 9.60. The summed E-state index contributed by atoms with van der Waals surface area (Å²) in [4.78, 5) is 63.5. The number of nitrogens with one attached hydrogen (secondary N) is 1. The molecule has 4 bridgehead atoms. The molecule has 58 heavy (non-hydrogen) atoms. The number of hydrogen-bond acceptors (Lipinski definition) is 18. The molecule has 5 N–H and O–H groups in total. The second-order valence-corrected chi connectivity index (χ2v) is 18.8. The van der Waals surface area contributed by atoms with E-state index in [0.29, 0.717) is 16.7 Å². The lowest BCUT2D eigenvalue weighted by Crippen LogP contribution is -2.40. The first-order chi connectivity index (χ1) is 27.8. The van der Waals surface area contributed by atoms with Crippen molar-refractivity contribution in [1.82, 2.24) is 29.1 Å². The van der Waals surface area contributed by atoms with Crippen molar-refractivity contribution in [2.24, 2.45) is 0 Å². The Morgan fingerprint density at radius 1 is 0.948 bits per heavy atom. The third-order valence-corrected chi connectivity index (χ3v) is 14.2. The lowest BCUT2D eigenvalue weighted by atomic mass is 10.0. The number of carbonyl (C=O) groups excluding carboxylic acids is 1. The fraction of sp³-hybridized carbons (Fsp3) is 0.353. The fourth-order valence-corrected chi connectivity index (χ4v) is 11.1. The van der Waals surface area contributed by atoms with Crippen molar-refractivity contribution in [3.63, 3.8) is 0 Å². The van der Waals surface area contributed by atoms with Crippen LogP contribution in [0, 0.1) is 0 Å². The second kappa shape index (κ2) is 16.2. The number of ether oxygens (including phenoxy) is 3. The summed E-state index contributed by atoms with van der Waals surface area (Å²) >= 11 is 0.800. The summed E-state index contributed by atoms with van der Waals surface area (Å²) in [5.41, 5.74) is 6.29. The van der Waals surface area contributed by atoms with Crippen LogP contribution in [0.1, 0.15) is 40.4 Å². The minimum Gasteiger partial charge on any atom is -0.508 e. The molecule has 21 nitrogen and oxygen atoms in total. The maximum absolute atomic E-state index is 15.0. The summed E-state index contributed by atoms with van der Waals surface area (Å²) in [7, 11) is -3.60. The number of hydrogen-bond donors (Lipinski definition) is 4. The average Bonchev–Trinajstić information content (AvgIpc) is 3.91. The Hall–Kier alpha value is -4.57. The Balaban J connectivity index is 1.11. The molecule has 9 atom stereocenters. The number of methoxy groups -OCH3 is 1. The third-order valence-electron chi connectivity index (χ3n) is 9.56. The van der Waals surface area contributed by atoms with Gasteiger partial charge in [-0.25, -0.2) is 28.9 Å². The van der Waals surface area contributed by atoms with Crippen LogP contribution in [0.5, 0.6) is 5.75 Å². The highest BCUT2D eigenvalue weighted by molar-refractivity contribution is 8.54. The zero-order chi connectivity index (χ0) is 40.8. The lowest BCUT2D eigenvalue weighted by Gasteiger charge is -2.28. The molecule has 6 heterocycles. The molecule has 0 amide bonds. The number of nitrogens with two attached hydrogens (primary N) is 1. The summed E-state index contributed by atoms with van der Waals surface area (Å²) < 4.78 is 72.5. The number of fused-ring (bicyclic) bond motifs is 5. The molecule has 3 aliphatic heterocycles. The first-order valence-corrected chi connectivity index (χ1v) is 22.2. The van der Waals surface area contributed by atoms with Gasteiger partial charge in [0.05, 0.1) is 25.6 Å². The van der Waals surface area contributed by atoms with Gasteiger partial charge in [-0.2, -0.15) is 0 Å². The van der Waals surface area contributed by atoms with E-state index in [0.717, 1.165) is 28.2 Å². The van der Waals surface area contributed by atoms with Crippen LogP contribution in [-0.2, 0) is 47.2 Å². The highest BCUT2D eigenvalue weighted by atomic mass is 32.7. The summed E-state index contributed by atoms with van der Waals surface area (Å²) in [5.74, 6) is -0.110. The number of aromatic hydroxyl groups is 1. The smallest absolute Gasteiger partial charge is 0.472 e. The molecule has 5 aromatic rings. The monoisotopic (exact) mass is 859 g/mol. The van der Waals surface area contributed by atoms with Crippen molar-refractivity contribution >= 4 is 48.8 Å². The Kier molecular flexibility index (Phi) is 11.3. The van der Waals surface area contributed by atoms with Gasteiger partial charge in [0.2, 0.25) is 0 Å². The van der Waals surface area contributed by atoms with E-state index in [2.05, 4.69) is 19.9 Å². The van der Waals surface area contributed by atoms with Crippen molar-refractivity contribution in [2.75, 3.05) is 26.1 Å². The number of nitrogen functional groups attached to an aromatic ring is 1. The number of anilines is 1. The number of phenolic OH excluding ortho intramolecular Hbond substituents is 1. The number of benzene rings is 2. The summed E-state index contributed by atoms with van der Waals surface area (Å²) in [6.45, 7) is -5.37. The van der Waals surface area contributed by atoms with E-state index < -0.39 is 75.5 Å². The van der Waals surface area contributed by atoms with Gasteiger partial charge >= 0.3 is 20.3 Å². The van der Waals surface area contributed by atoms with E-state index >= 15 is 0 Å². The van der Waals surface area contributed by atoms with Crippen molar-refractivity contribution < 1.29 is 56.2 Å². The Labute approximate surface area is 331 Å². The number of carbonyl (C=O) groups is 1. The van der Waals surface area contributed by atoms with Gasteiger partial charge in [-0.3, -0.25) is 41.8 Å². The maximum atomic E-state index is 15.0. The topological polar surface area (TPSA) is 281 Å². The summed E-state index contributed by atoms with van der Waals surface area (Å²) in [6.07, 6.45) is -4.72. The molecule has 306 valence electrons. The van der Waals surface area contributed by atoms with Gasteiger partial charge in [-0.05, 0) is 41.2 Å². The Morgan fingerprint density at radius 3 is 2.41 bits per heavy atom. The second-order valence-electron chi connectivity index (χ2n) is 13.3. The average molecular weight is 860 g/mol. The zero-order valence-corrected chi connectivity index (χ0v) is 32.8. The van der Waals surface area contributed by atoms with E-state index in [1.54, 1.807) is 24.3 Å². The number of phosphoric ester groups is 1. The number of H-pyrrole nitrogens is 1. The molecule has 3 saturated heterocycles. The standard InChI is InChI=1S/C34H35N7O14P2S/c1-49-28-24-14-50-56(46,47)54-23-12-22(52-32(23)41-17-38-26-30(35)36-16-37-31(26)41)13-51-57(48,55-29(28)33(53-24)40-11-10-25(43)39-34(40)45)58-15-18-2-4-19(5-3-18)27(44)20-6-8-21(42)9-7-20/h2-11,16-17,22-24,28-29,32-33,42H,12-15H2,1H3,(H,46,47)(H2,35,36,37)(H,39,43,45)/t22-,23+,24+,28+,29+,32+,33+,57?/m0/s1. The first kappa shape index (κ1) is 40.2. The Morgan fingerprint density at radius 2 is 1.69 bits per heavy atom. The van der Waals surface area contributed by atoms with Crippen LogP contribution < -0.4 is 17.0 Å². The highest BCUT2D eigenvalue weighted by Gasteiger charge is 2.53. The molecule has 3 aromatic heterocycles. The molecule has 0 saturated carbocycles. The van der Waals surface area contributed by atoms with Gasteiger partial charge in [0.25, 0.3) is 5.56 Å². The number of phosphoric acid groups is 1. The van der Waals surface area contributed by atoms with Crippen LogP contribution >= 0.6 is 26.0 Å². The SMILES string of the molecule is CO[C@H]1[C@H]2OP(=O)(SCc3ccc(C(=O)c4ccc(O)cc4)cc3)OC[C@@H]3C[C@@H](OP(=O)(O)OC[C@H]1O[C@H]2n1ccc(=O)[nH]c1=O)[C@H](n1cnc2c(N)ncnc21)O3. The normalized spacial score (nSPS) is 30.3. The van der Waals surface area contributed by atoms with Gasteiger partial charge in [0.15, 0.2) is 29.7 Å². The number of aromatic nitrogens is 6. The molecule has 2 unspecified atom stereocenters. The van der Waals surface area contributed by atoms with E-state index in [1.807, 2.05) is 0 Å². The van der Waals surface area contributed by atoms with Gasteiger partial charge in [-0.15, -0.1) is 0 Å².